The van der Waals surface area contributed by atoms with Crippen molar-refractivity contribution in [2.24, 2.45) is 0 Å². The van der Waals surface area contributed by atoms with Gasteiger partial charge in [0.1, 0.15) is 5.54 Å². The van der Waals surface area contributed by atoms with Crippen LogP contribution in [0.15, 0.2) is 140 Å². The highest BCUT2D eigenvalue weighted by Gasteiger charge is 2.38. The Morgan fingerprint density at radius 3 is 1.90 bits per heavy atom. The summed E-state index contributed by atoms with van der Waals surface area (Å²) in [5.74, 6) is -0.115. The van der Waals surface area contributed by atoms with Gasteiger partial charge in [-0.05, 0) is 64.1 Å². The molecule has 5 nitrogen and oxygen atoms in total. The standard InChI is InChI=1S/C37H33N3O2/c1-38-36(42)30-20-18-27-23-29(19-17-28(27)24-30)35(41)22-21-34-25-40(26-39-34)37(31-11-5-2-6-12-31,32-13-7-3-8-14-32)33-15-9-4-10-16-33/h2-20,23-26,35,41H,21-22H2,1H3,(H,38,42). The number of nitrogens with zero attached hydrogens (tertiary/aromatic N) is 2. The average molecular weight is 552 g/mol. The van der Waals surface area contributed by atoms with Crippen LogP contribution in [0, 0.1) is 0 Å². The van der Waals surface area contributed by atoms with Crippen LogP contribution in [-0.2, 0) is 12.0 Å². The molecule has 0 aliphatic heterocycles. The lowest BCUT2D eigenvalue weighted by Gasteiger charge is -2.37. The second-order valence-electron chi connectivity index (χ2n) is 10.5. The van der Waals surface area contributed by atoms with Crippen LogP contribution in [0.4, 0.5) is 0 Å². The number of aryl methyl sites for hydroxylation is 1. The summed E-state index contributed by atoms with van der Waals surface area (Å²) >= 11 is 0. The molecule has 5 aromatic carbocycles. The molecule has 0 bridgehead atoms. The molecule has 0 saturated heterocycles. The fourth-order valence-corrected chi connectivity index (χ4v) is 5.87. The topological polar surface area (TPSA) is 67.2 Å². The third kappa shape index (κ3) is 5.11. The van der Waals surface area contributed by atoms with E-state index >= 15 is 0 Å². The summed E-state index contributed by atoms with van der Waals surface area (Å²) in [6.45, 7) is 0. The summed E-state index contributed by atoms with van der Waals surface area (Å²) in [5.41, 5.74) is 5.19. The fourth-order valence-electron chi connectivity index (χ4n) is 5.87. The Bertz CT molecular complexity index is 1700. The number of carbonyl (C=O) groups is 1. The molecule has 208 valence electrons. The van der Waals surface area contributed by atoms with Crippen LogP contribution in [0.2, 0.25) is 0 Å². The summed E-state index contributed by atoms with van der Waals surface area (Å²) in [4.78, 5) is 16.8. The molecular formula is C37H33N3O2. The Kier molecular flexibility index (Phi) is 7.67. The van der Waals surface area contributed by atoms with Crippen molar-refractivity contribution < 1.29 is 9.90 Å². The Balaban J connectivity index is 1.30. The summed E-state index contributed by atoms with van der Waals surface area (Å²) in [7, 11) is 1.63. The molecule has 1 amide bonds. The summed E-state index contributed by atoms with van der Waals surface area (Å²) in [6, 6.07) is 43.1. The number of rotatable bonds is 9. The number of carbonyl (C=O) groups excluding carboxylic acids is 1. The normalized spacial score (nSPS) is 12.2. The van der Waals surface area contributed by atoms with Crippen molar-refractivity contribution in [3.05, 3.63) is 173 Å². The minimum absolute atomic E-state index is 0.115. The summed E-state index contributed by atoms with van der Waals surface area (Å²) < 4.78 is 2.20. The molecule has 1 unspecified atom stereocenters. The van der Waals surface area contributed by atoms with Gasteiger partial charge in [-0.15, -0.1) is 0 Å². The maximum absolute atomic E-state index is 12.0. The first-order chi connectivity index (χ1) is 20.6. The quantitative estimate of drug-likeness (QED) is 0.192. The SMILES string of the molecule is CNC(=O)c1ccc2cc(C(O)CCc3cn(C(c4ccccc4)(c4ccccc4)c4ccccc4)cn3)ccc2c1. The molecule has 6 aromatic rings. The average Bonchev–Trinajstić information content (AvgIpc) is 3.54. The predicted octanol–water partition coefficient (Wildman–Crippen LogP) is 6.90. The number of nitrogens with one attached hydrogen (secondary N) is 1. The van der Waals surface area contributed by atoms with E-state index in [2.05, 4.69) is 88.9 Å². The van der Waals surface area contributed by atoms with Gasteiger partial charge in [-0.2, -0.15) is 0 Å². The lowest BCUT2D eigenvalue weighted by atomic mass is 9.77. The monoisotopic (exact) mass is 551 g/mol. The predicted molar refractivity (Wildman–Crippen MR) is 167 cm³/mol. The van der Waals surface area contributed by atoms with E-state index in [1.807, 2.05) is 60.9 Å². The van der Waals surface area contributed by atoms with Gasteiger partial charge < -0.3 is 15.0 Å². The van der Waals surface area contributed by atoms with Crippen molar-refractivity contribution in [3.8, 4) is 0 Å². The number of aliphatic hydroxyl groups is 1. The van der Waals surface area contributed by atoms with Gasteiger partial charge in [-0.1, -0.05) is 109 Å². The van der Waals surface area contributed by atoms with E-state index in [1.165, 1.54) is 0 Å². The van der Waals surface area contributed by atoms with Crippen LogP contribution in [-0.4, -0.2) is 27.6 Å². The van der Waals surface area contributed by atoms with E-state index in [0.29, 0.717) is 18.4 Å². The molecule has 6 rings (SSSR count). The number of hydrogen-bond acceptors (Lipinski definition) is 3. The highest BCUT2D eigenvalue weighted by Crippen LogP contribution is 2.41. The van der Waals surface area contributed by atoms with E-state index in [0.717, 1.165) is 38.7 Å². The first-order valence-electron chi connectivity index (χ1n) is 14.2. The highest BCUT2D eigenvalue weighted by molar-refractivity contribution is 5.98. The molecular weight excluding hydrogens is 518 g/mol. The lowest BCUT2D eigenvalue weighted by Crippen LogP contribution is -2.36. The molecule has 1 heterocycles. The number of aromatic nitrogens is 2. The number of imidazole rings is 1. The number of hydrogen-bond donors (Lipinski definition) is 2. The second-order valence-corrected chi connectivity index (χ2v) is 10.5. The van der Waals surface area contributed by atoms with E-state index in [1.54, 1.807) is 7.05 Å². The Labute approximate surface area is 246 Å². The maximum Gasteiger partial charge on any atom is 0.251 e. The van der Waals surface area contributed by atoms with Crippen LogP contribution in [0.5, 0.6) is 0 Å². The Hall–Kier alpha value is -5.00. The van der Waals surface area contributed by atoms with Gasteiger partial charge in [0, 0.05) is 18.8 Å². The van der Waals surface area contributed by atoms with Crippen LogP contribution < -0.4 is 5.32 Å². The van der Waals surface area contributed by atoms with E-state index in [4.69, 9.17) is 4.98 Å². The van der Waals surface area contributed by atoms with Crippen molar-refractivity contribution in [1.29, 1.82) is 0 Å². The van der Waals surface area contributed by atoms with Crippen LogP contribution in [0.25, 0.3) is 10.8 Å². The van der Waals surface area contributed by atoms with Crippen LogP contribution in [0.3, 0.4) is 0 Å². The van der Waals surface area contributed by atoms with E-state index in [-0.39, 0.29) is 5.91 Å². The van der Waals surface area contributed by atoms with Crippen LogP contribution >= 0.6 is 0 Å². The molecule has 1 atom stereocenters. The number of fused-ring (bicyclic) bond motifs is 1. The van der Waals surface area contributed by atoms with E-state index < -0.39 is 11.6 Å². The third-order valence-corrected chi connectivity index (χ3v) is 8.01. The molecule has 0 fully saturated rings. The number of aliphatic hydroxyl groups excluding tert-OH is 1. The van der Waals surface area contributed by atoms with Gasteiger partial charge in [-0.25, -0.2) is 4.98 Å². The Morgan fingerprint density at radius 1 is 0.786 bits per heavy atom. The largest absolute Gasteiger partial charge is 0.388 e. The summed E-state index contributed by atoms with van der Waals surface area (Å²) in [6.07, 6.45) is 4.54. The van der Waals surface area contributed by atoms with E-state index in [9.17, 15) is 9.90 Å². The molecule has 0 saturated carbocycles. The van der Waals surface area contributed by atoms with Gasteiger partial charge in [0.25, 0.3) is 5.91 Å². The molecule has 2 N–H and O–H groups in total. The zero-order valence-corrected chi connectivity index (χ0v) is 23.5. The molecule has 42 heavy (non-hydrogen) atoms. The maximum atomic E-state index is 12.0. The smallest absolute Gasteiger partial charge is 0.251 e. The fraction of sp³-hybridized carbons (Fsp3) is 0.135. The van der Waals surface area contributed by atoms with Crippen LogP contribution in [0.1, 0.15) is 50.8 Å². The molecule has 1 aromatic heterocycles. The first kappa shape index (κ1) is 27.2. The molecule has 0 spiro atoms. The molecule has 0 aliphatic rings. The highest BCUT2D eigenvalue weighted by atomic mass is 16.3. The molecule has 5 heteroatoms. The zero-order chi connectivity index (χ0) is 28.9. The number of benzene rings is 5. The molecule has 0 radical (unpaired) electrons. The van der Waals surface area contributed by atoms with Crippen molar-refractivity contribution in [2.75, 3.05) is 7.05 Å². The third-order valence-electron chi connectivity index (χ3n) is 8.01. The van der Waals surface area contributed by atoms with Gasteiger partial charge >= 0.3 is 0 Å². The summed E-state index contributed by atoms with van der Waals surface area (Å²) in [5, 5.41) is 15.7. The minimum Gasteiger partial charge on any atom is -0.388 e. The first-order valence-corrected chi connectivity index (χ1v) is 14.2. The number of amides is 1. The molecule has 0 aliphatic carbocycles. The van der Waals surface area contributed by atoms with Gasteiger partial charge in [0.2, 0.25) is 0 Å². The van der Waals surface area contributed by atoms with Gasteiger partial charge in [-0.3, -0.25) is 4.79 Å². The second kappa shape index (κ2) is 11.9. The van der Waals surface area contributed by atoms with Crippen molar-refractivity contribution in [1.82, 2.24) is 14.9 Å². The minimum atomic E-state index is -0.639. The van der Waals surface area contributed by atoms with Gasteiger partial charge in [0.05, 0.1) is 18.1 Å². The lowest BCUT2D eigenvalue weighted by molar-refractivity contribution is 0.0963. The van der Waals surface area contributed by atoms with Crippen molar-refractivity contribution in [2.45, 2.75) is 24.5 Å². The zero-order valence-electron chi connectivity index (χ0n) is 23.5. The Morgan fingerprint density at radius 2 is 1.33 bits per heavy atom. The van der Waals surface area contributed by atoms with Gasteiger partial charge in [0.15, 0.2) is 0 Å². The van der Waals surface area contributed by atoms with Crippen molar-refractivity contribution in [3.63, 3.8) is 0 Å². The van der Waals surface area contributed by atoms with Crippen molar-refractivity contribution >= 4 is 16.7 Å².